The summed E-state index contributed by atoms with van der Waals surface area (Å²) >= 11 is 5.95. The van der Waals surface area contributed by atoms with Gasteiger partial charge in [-0.3, -0.25) is 9.48 Å². The van der Waals surface area contributed by atoms with E-state index in [1.165, 1.54) is 0 Å². The summed E-state index contributed by atoms with van der Waals surface area (Å²) in [7, 11) is 0. The van der Waals surface area contributed by atoms with Crippen LogP contribution in [0.1, 0.15) is 38.9 Å². The molecule has 6 heteroatoms. The zero-order valence-corrected chi connectivity index (χ0v) is 13.6. The first-order valence-electron chi connectivity index (χ1n) is 7.20. The van der Waals surface area contributed by atoms with E-state index < -0.39 is 0 Å². The number of halogens is 1. The summed E-state index contributed by atoms with van der Waals surface area (Å²) in [6.07, 6.45) is 2.53. The summed E-state index contributed by atoms with van der Waals surface area (Å²) in [6.45, 7) is 11.8. The zero-order chi connectivity index (χ0) is 15.1. The number of aromatic nitrogens is 2. The van der Waals surface area contributed by atoms with E-state index in [0.717, 1.165) is 31.7 Å². The third-order valence-electron chi connectivity index (χ3n) is 3.58. The number of nitrogens with zero attached hydrogens (tertiary/aromatic N) is 3. The van der Waals surface area contributed by atoms with E-state index in [4.69, 9.17) is 11.6 Å². The molecule has 0 bridgehead atoms. The summed E-state index contributed by atoms with van der Waals surface area (Å²) in [5, 5.41) is 7.68. The summed E-state index contributed by atoms with van der Waals surface area (Å²) in [5.41, 5.74) is 0.817. The minimum atomic E-state index is -0.337. The van der Waals surface area contributed by atoms with Crippen molar-refractivity contribution in [1.29, 1.82) is 0 Å². The molecule has 1 atom stereocenters. The molecule has 0 aliphatic carbocycles. The predicted octanol–water partition coefficient (Wildman–Crippen LogP) is 2.25. The van der Waals surface area contributed by atoms with Crippen LogP contribution in [0.25, 0.3) is 0 Å². The Morgan fingerprint density at radius 2 is 2.15 bits per heavy atom. The molecule has 5 nitrogen and oxygen atoms in total. The van der Waals surface area contributed by atoms with Gasteiger partial charge in [0.2, 0.25) is 5.91 Å². The topological polar surface area (TPSA) is 50.2 Å². The maximum atomic E-state index is 12.1. The van der Waals surface area contributed by atoms with Gasteiger partial charge in [0.1, 0.15) is 6.04 Å². The average Bonchev–Trinajstić information content (AvgIpc) is 2.78. The van der Waals surface area contributed by atoms with Crippen molar-refractivity contribution in [3.8, 4) is 0 Å². The molecule has 1 aromatic rings. The SMILES string of the molecule is CCN(CC)CCCNC(=O)C(C)n1ncc(Cl)c1C. The Labute approximate surface area is 126 Å². The van der Waals surface area contributed by atoms with Crippen molar-refractivity contribution in [1.82, 2.24) is 20.0 Å². The van der Waals surface area contributed by atoms with Gasteiger partial charge in [-0.2, -0.15) is 5.10 Å². The Morgan fingerprint density at radius 1 is 1.50 bits per heavy atom. The van der Waals surface area contributed by atoms with E-state index in [2.05, 4.69) is 29.2 Å². The highest BCUT2D eigenvalue weighted by molar-refractivity contribution is 6.31. The van der Waals surface area contributed by atoms with Crippen LogP contribution < -0.4 is 5.32 Å². The van der Waals surface area contributed by atoms with Crippen LogP contribution >= 0.6 is 11.6 Å². The van der Waals surface area contributed by atoms with Crippen molar-refractivity contribution < 1.29 is 4.79 Å². The van der Waals surface area contributed by atoms with Gasteiger partial charge in [-0.1, -0.05) is 25.4 Å². The molecule has 0 fully saturated rings. The second-order valence-corrected chi connectivity index (χ2v) is 5.28. The largest absolute Gasteiger partial charge is 0.354 e. The lowest BCUT2D eigenvalue weighted by Gasteiger charge is -2.18. The van der Waals surface area contributed by atoms with E-state index in [-0.39, 0.29) is 11.9 Å². The van der Waals surface area contributed by atoms with Gasteiger partial charge >= 0.3 is 0 Å². The second kappa shape index (κ2) is 8.27. The third-order valence-corrected chi connectivity index (χ3v) is 3.95. The lowest BCUT2D eigenvalue weighted by Crippen LogP contribution is -2.34. The van der Waals surface area contributed by atoms with Crippen molar-refractivity contribution in [3.05, 3.63) is 16.9 Å². The lowest BCUT2D eigenvalue weighted by molar-refractivity contribution is -0.124. The number of carbonyl (C=O) groups is 1. The molecule has 0 saturated carbocycles. The van der Waals surface area contributed by atoms with E-state index >= 15 is 0 Å². The van der Waals surface area contributed by atoms with Gasteiger partial charge in [-0.15, -0.1) is 0 Å². The van der Waals surface area contributed by atoms with E-state index in [9.17, 15) is 4.79 Å². The molecule has 0 saturated heterocycles. The van der Waals surface area contributed by atoms with Crippen molar-refractivity contribution in [3.63, 3.8) is 0 Å². The monoisotopic (exact) mass is 300 g/mol. The Kier molecular flexibility index (Phi) is 7.02. The fourth-order valence-corrected chi connectivity index (χ4v) is 2.24. The Bertz CT molecular complexity index is 429. The number of rotatable bonds is 8. The summed E-state index contributed by atoms with van der Waals surface area (Å²) < 4.78 is 1.65. The van der Waals surface area contributed by atoms with E-state index in [1.54, 1.807) is 10.9 Å². The minimum absolute atomic E-state index is 0.0209. The first-order chi connectivity index (χ1) is 9.51. The molecule has 0 aliphatic heterocycles. The second-order valence-electron chi connectivity index (χ2n) is 4.87. The maximum absolute atomic E-state index is 12.1. The first-order valence-corrected chi connectivity index (χ1v) is 7.58. The predicted molar refractivity (Wildman–Crippen MR) is 82.1 cm³/mol. The summed E-state index contributed by atoms with van der Waals surface area (Å²) in [5.74, 6) is -0.0209. The Morgan fingerprint density at radius 3 is 2.65 bits per heavy atom. The molecule has 114 valence electrons. The molecular formula is C14H25ClN4O. The zero-order valence-electron chi connectivity index (χ0n) is 12.8. The van der Waals surface area contributed by atoms with Crippen LogP contribution in [0.15, 0.2) is 6.20 Å². The van der Waals surface area contributed by atoms with Crippen molar-refractivity contribution in [2.24, 2.45) is 0 Å². The van der Waals surface area contributed by atoms with Crippen LogP contribution in [0, 0.1) is 6.92 Å². The quantitative estimate of drug-likeness (QED) is 0.749. The Balaban J connectivity index is 2.38. The van der Waals surface area contributed by atoms with Gasteiger partial charge in [0, 0.05) is 6.54 Å². The third kappa shape index (κ3) is 4.49. The van der Waals surface area contributed by atoms with Crippen LogP contribution in [-0.4, -0.2) is 46.8 Å². The van der Waals surface area contributed by atoms with Gasteiger partial charge in [0.05, 0.1) is 16.9 Å². The molecule has 1 rings (SSSR count). The van der Waals surface area contributed by atoms with Crippen LogP contribution in [0.4, 0.5) is 0 Å². The highest BCUT2D eigenvalue weighted by Crippen LogP contribution is 2.17. The number of amides is 1. The highest BCUT2D eigenvalue weighted by atomic mass is 35.5. The molecule has 1 aromatic heterocycles. The number of carbonyl (C=O) groups excluding carboxylic acids is 1. The summed E-state index contributed by atoms with van der Waals surface area (Å²) in [6, 6.07) is -0.337. The maximum Gasteiger partial charge on any atom is 0.244 e. The number of hydrogen-bond acceptors (Lipinski definition) is 3. The fourth-order valence-electron chi connectivity index (χ4n) is 2.11. The number of hydrogen-bond donors (Lipinski definition) is 1. The van der Waals surface area contributed by atoms with Crippen LogP contribution in [-0.2, 0) is 4.79 Å². The number of nitrogens with one attached hydrogen (secondary N) is 1. The fraction of sp³-hybridized carbons (Fsp3) is 0.714. The molecule has 0 aliphatic rings. The molecule has 0 radical (unpaired) electrons. The smallest absolute Gasteiger partial charge is 0.244 e. The normalized spacial score (nSPS) is 12.7. The molecule has 1 heterocycles. The molecule has 1 N–H and O–H groups in total. The molecule has 1 unspecified atom stereocenters. The van der Waals surface area contributed by atoms with Crippen molar-refractivity contribution in [2.75, 3.05) is 26.2 Å². The molecule has 0 aromatic carbocycles. The highest BCUT2D eigenvalue weighted by Gasteiger charge is 2.18. The van der Waals surface area contributed by atoms with Crippen LogP contribution in [0.3, 0.4) is 0 Å². The van der Waals surface area contributed by atoms with E-state index in [1.807, 2.05) is 13.8 Å². The van der Waals surface area contributed by atoms with Crippen LogP contribution in [0.5, 0.6) is 0 Å². The van der Waals surface area contributed by atoms with Gasteiger partial charge in [-0.25, -0.2) is 0 Å². The average molecular weight is 301 g/mol. The molecule has 0 spiro atoms. The molecular weight excluding hydrogens is 276 g/mol. The van der Waals surface area contributed by atoms with Crippen molar-refractivity contribution >= 4 is 17.5 Å². The van der Waals surface area contributed by atoms with Gasteiger partial charge < -0.3 is 10.2 Å². The van der Waals surface area contributed by atoms with Crippen molar-refractivity contribution in [2.45, 2.75) is 40.2 Å². The lowest BCUT2D eigenvalue weighted by atomic mass is 10.3. The minimum Gasteiger partial charge on any atom is -0.354 e. The van der Waals surface area contributed by atoms with E-state index in [0.29, 0.717) is 11.6 Å². The van der Waals surface area contributed by atoms with Gasteiger partial charge in [0.25, 0.3) is 0 Å². The van der Waals surface area contributed by atoms with Gasteiger partial charge in [0.15, 0.2) is 0 Å². The molecule has 1 amide bonds. The summed E-state index contributed by atoms with van der Waals surface area (Å²) in [4.78, 5) is 14.4. The Hall–Kier alpha value is -1.07. The first kappa shape index (κ1) is 17.0. The molecule has 20 heavy (non-hydrogen) atoms. The standard InChI is InChI=1S/C14H25ClN4O/c1-5-18(6-2)9-7-8-16-14(20)12(4)19-11(3)13(15)10-17-19/h10,12H,5-9H2,1-4H3,(H,16,20). The van der Waals surface area contributed by atoms with Crippen LogP contribution in [0.2, 0.25) is 5.02 Å². The van der Waals surface area contributed by atoms with Gasteiger partial charge in [-0.05, 0) is 39.9 Å².